The van der Waals surface area contributed by atoms with Gasteiger partial charge in [-0.2, -0.15) is 0 Å². The predicted octanol–water partition coefficient (Wildman–Crippen LogP) is 2.34. The SMILES string of the molecule is COC1CC(Nc2c(Br)cncc2[N+](=O)[O-])C1. The van der Waals surface area contributed by atoms with E-state index in [1.54, 1.807) is 13.3 Å². The number of nitrogens with zero attached hydrogens (tertiary/aromatic N) is 2. The molecule has 1 aliphatic carbocycles. The summed E-state index contributed by atoms with van der Waals surface area (Å²) in [4.78, 5) is 14.2. The first-order valence-corrected chi connectivity index (χ1v) is 5.98. The normalized spacial score (nSPS) is 22.9. The topological polar surface area (TPSA) is 77.3 Å². The highest BCUT2D eigenvalue weighted by atomic mass is 79.9. The van der Waals surface area contributed by atoms with E-state index in [9.17, 15) is 10.1 Å². The molecule has 0 unspecified atom stereocenters. The molecule has 0 amide bonds. The van der Waals surface area contributed by atoms with Crippen LogP contribution in [0.4, 0.5) is 11.4 Å². The Bertz CT molecular complexity index is 435. The lowest BCUT2D eigenvalue weighted by molar-refractivity contribution is -0.384. The van der Waals surface area contributed by atoms with Crippen LogP contribution in [0.25, 0.3) is 0 Å². The minimum absolute atomic E-state index is 0.0137. The van der Waals surface area contributed by atoms with E-state index in [1.807, 2.05) is 0 Å². The van der Waals surface area contributed by atoms with Gasteiger partial charge in [-0.05, 0) is 28.8 Å². The van der Waals surface area contributed by atoms with Gasteiger partial charge in [0.1, 0.15) is 11.9 Å². The lowest BCUT2D eigenvalue weighted by atomic mass is 9.89. The molecular formula is C10H12BrN3O3. The van der Waals surface area contributed by atoms with Gasteiger partial charge >= 0.3 is 5.69 Å². The summed E-state index contributed by atoms with van der Waals surface area (Å²) in [6.07, 6.45) is 4.78. The molecule has 0 saturated heterocycles. The summed E-state index contributed by atoms with van der Waals surface area (Å²) in [6.45, 7) is 0. The minimum Gasteiger partial charge on any atom is -0.381 e. The van der Waals surface area contributed by atoms with Crippen molar-refractivity contribution in [3.8, 4) is 0 Å². The van der Waals surface area contributed by atoms with Gasteiger partial charge < -0.3 is 10.1 Å². The van der Waals surface area contributed by atoms with Gasteiger partial charge in [-0.1, -0.05) is 0 Å². The van der Waals surface area contributed by atoms with E-state index in [0.717, 1.165) is 12.8 Å². The minimum atomic E-state index is -0.438. The van der Waals surface area contributed by atoms with Crippen molar-refractivity contribution in [2.75, 3.05) is 12.4 Å². The number of halogens is 1. The smallest absolute Gasteiger partial charge is 0.311 e. The fourth-order valence-electron chi connectivity index (χ4n) is 1.79. The van der Waals surface area contributed by atoms with Crippen molar-refractivity contribution in [1.82, 2.24) is 4.98 Å². The van der Waals surface area contributed by atoms with Gasteiger partial charge in [0.15, 0.2) is 0 Å². The molecule has 17 heavy (non-hydrogen) atoms. The van der Waals surface area contributed by atoms with Crippen molar-refractivity contribution in [1.29, 1.82) is 0 Å². The molecule has 0 aliphatic heterocycles. The average molecular weight is 302 g/mol. The number of rotatable bonds is 4. The molecule has 1 aromatic rings. The lowest BCUT2D eigenvalue weighted by Crippen LogP contribution is -2.40. The van der Waals surface area contributed by atoms with Gasteiger partial charge in [0, 0.05) is 19.3 Å². The average Bonchev–Trinajstić information content (AvgIpc) is 2.24. The molecule has 6 nitrogen and oxygen atoms in total. The Labute approximate surface area is 107 Å². The molecule has 0 bridgehead atoms. The first-order chi connectivity index (χ1) is 8.11. The highest BCUT2D eigenvalue weighted by Crippen LogP contribution is 2.35. The van der Waals surface area contributed by atoms with E-state index in [0.29, 0.717) is 10.2 Å². The van der Waals surface area contributed by atoms with E-state index in [2.05, 4.69) is 26.2 Å². The molecule has 1 N–H and O–H groups in total. The Morgan fingerprint density at radius 1 is 1.59 bits per heavy atom. The molecule has 0 radical (unpaired) electrons. The number of ether oxygens (including phenoxy) is 1. The van der Waals surface area contributed by atoms with Crippen molar-refractivity contribution in [3.63, 3.8) is 0 Å². The molecule has 1 aliphatic rings. The number of anilines is 1. The summed E-state index contributed by atoms with van der Waals surface area (Å²) < 4.78 is 5.77. The number of hydrogen-bond acceptors (Lipinski definition) is 5. The summed E-state index contributed by atoms with van der Waals surface area (Å²) in [5.41, 5.74) is 0.477. The van der Waals surface area contributed by atoms with Gasteiger partial charge in [-0.3, -0.25) is 15.1 Å². The van der Waals surface area contributed by atoms with Crippen LogP contribution < -0.4 is 5.32 Å². The predicted molar refractivity (Wildman–Crippen MR) is 66.0 cm³/mol. The first kappa shape index (κ1) is 12.3. The standard InChI is InChI=1S/C10H12BrN3O3/c1-17-7-2-6(3-7)13-10-8(11)4-12-5-9(10)14(15)16/h4-7H,2-3H2,1H3,(H,12,13). The summed E-state index contributed by atoms with van der Waals surface area (Å²) in [5, 5.41) is 14.0. The van der Waals surface area contributed by atoms with Crippen LogP contribution in [0.5, 0.6) is 0 Å². The zero-order chi connectivity index (χ0) is 12.4. The van der Waals surface area contributed by atoms with Crippen LogP contribution in [0.15, 0.2) is 16.9 Å². The Morgan fingerprint density at radius 2 is 2.29 bits per heavy atom. The third-order valence-electron chi connectivity index (χ3n) is 2.85. The highest BCUT2D eigenvalue weighted by molar-refractivity contribution is 9.10. The number of methoxy groups -OCH3 is 1. The van der Waals surface area contributed by atoms with Crippen LogP contribution in [-0.2, 0) is 4.74 Å². The molecule has 0 spiro atoms. The van der Waals surface area contributed by atoms with Gasteiger partial charge in [0.2, 0.25) is 0 Å². The zero-order valence-electron chi connectivity index (χ0n) is 9.22. The van der Waals surface area contributed by atoms with Crippen molar-refractivity contribution in [2.45, 2.75) is 25.0 Å². The third-order valence-corrected chi connectivity index (χ3v) is 3.45. The van der Waals surface area contributed by atoms with E-state index in [4.69, 9.17) is 4.74 Å². The molecule has 1 heterocycles. The zero-order valence-corrected chi connectivity index (χ0v) is 10.8. The molecule has 0 aromatic carbocycles. The van der Waals surface area contributed by atoms with E-state index in [1.165, 1.54) is 6.20 Å². The Morgan fingerprint density at radius 3 is 2.88 bits per heavy atom. The fraction of sp³-hybridized carbons (Fsp3) is 0.500. The van der Waals surface area contributed by atoms with Crippen LogP contribution in [0.3, 0.4) is 0 Å². The number of aromatic nitrogens is 1. The van der Waals surface area contributed by atoms with Crippen LogP contribution in [-0.4, -0.2) is 29.2 Å². The van der Waals surface area contributed by atoms with Crippen LogP contribution in [0.2, 0.25) is 0 Å². The Kier molecular flexibility index (Phi) is 3.58. The first-order valence-electron chi connectivity index (χ1n) is 5.19. The van der Waals surface area contributed by atoms with Crippen LogP contribution in [0.1, 0.15) is 12.8 Å². The van der Waals surface area contributed by atoms with Gasteiger partial charge in [-0.25, -0.2) is 0 Å². The second kappa shape index (κ2) is 4.97. The summed E-state index contributed by atoms with van der Waals surface area (Å²) >= 11 is 3.27. The monoisotopic (exact) mass is 301 g/mol. The number of hydrogen-bond donors (Lipinski definition) is 1. The molecule has 1 aromatic heterocycles. The maximum absolute atomic E-state index is 10.9. The van der Waals surface area contributed by atoms with E-state index >= 15 is 0 Å². The Hall–Kier alpha value is -1.21. The molecule has 1 fully saturated rings. The maximum atomic E-state index is 10.9. The molecular weight excluding hydrogens is 290 g/mol. The van der Waals surface area contributed by atoms with E-state index < -0.39 is 4.92 Å². The largest absolute Gasteiger partial charge is 0.381 e. The summed E-state index contributed by atoms with van der Waals surface area (Å²) in [7, 11) is 1.67. The summed E-state index contributed by atoms with van der Waals surface area (Å²) in [5.74, 6) is 0. The van der Waals surface area contributed by atoms with Crippen LogP contribution >= 0.6 is 15.9 Å². The molecule has 1 saturated carbocycles. The summed E-state index contributed by atoms with van der Waals surface area (Å²) in [6, 6.07) is 0.220. The quantitative estimate of drug-likeness (QED) is 0.682. The fourth-order valence-corrected chi connectivity index (χ4v) is 2.22. The van der Waals surface area contributed by atoms with E-state index in [-0.39, 0.29) is 17.8 Å². The van der Waals surface area contributed by atoms with Gasteiger partial charge in [0.05, 0.1) is 15.5 Å². The Balaban J connectivity index is 2.12. The third kappa shape index (κ3) is 2.55. The van der Waals surface area contributed by atoms with Crippen molar-refractivity contribution < 1.29 is 9.66 Å². The lowest BCUT2D eigenvalue weighted by Gasteiger charge is -2.35. The molecule has 92 valence electrons. The number of pyridine rings is 1. The van der Waals surface area contributed by atoms with Crippen LogP contribution in [0, 0.1) is 10.1 Å². The maximum Gasteiger partial charge on any atom is 0.311 e. The van der Waals surface area contributed by atoms with Gasteiger partial charge in [0.25, 0.3) is 0 Å². The van der Waals surface area contributed by atoms with Crippen molar-refractivity contribution >= 4 is 27.3 Å². The molecule has 2 rings (SSSR count). The number of nitro groups is 1. The number of nitrogens with one attached hydrogen (secondary N) is 1. The molecule has 0 atom stereocenters. The van der Waals surface area contributed by atoms with Crippen molar-refractivity contribution in [2.24, 2.45) is 0 Å². The second-order valence-electron chi connectivity index (χ2n) is 3.94. The van der Waals surface area contributed by atoms with Crippen molar-refractivity contribution in [3.05, 3.63) is 27.0 Å². The highest BCUT2D eigenvalue weighted by Gasteiger charge is 2.31. The second-order valence-corrected chi connectivity index (χ2v) is 4.80. The van der Waals surface area contributed by atoms with Gasteiger partial charge in [-0.15, -0.1) is 0 Å². The molecule has 7 heteroatoms.